The molecular formula is C57H68O23. The first kappa shape index (κ1) is 56.5. The molecule has 7 aliphatic rings. The summed E-state index contributed by atoms with van der Waals surface area (Å²) in [5.74, 6) is -16.1. The number of aromatic hydroxyl groups is 9. The molecule has 14 atom stereocenters. The zero-order valence-corrected chi connectivity index (χ0v) is 44.6. The predicted molar refractivity (Wildman–Crippen MR) is 272 cm³/mol. The molecule has 3 aromatic rings. The molecule has 2 aliphatic heterocycles. The monoisotopic (exact) mass is 1120 g/mol. The van der Waals surface area contributed by atoms with Gasteiger partial charge in [-0.15, -0.1) is 0 Å². The number of aliphatic hydroxyl groups excluding tert-OH is 5. The molecule has 23 heteroatoms. The number of fused-ring (bicyclic) bond motifs is 11. The summed E-state index contributed by atoms with van der Waals surface area (Å²) in [6.45, 7) is 8.06. The SMILES string of the molecule is CC1(C)CC[C@]2(C(=O)O[C@@H]3O[C@H](CO)[C@@H](O)[C@H](O)[C@H]3O)CC[C@]3(C)C(=CC[C@@H]4[C@@]5(C)C[C@@H](O)[C@H](OC(=O)c6cc(O)c(O)c(O)c6)C6(COC(=O)c7cc(O)c(O)c(O)c7-c7c(cc(O)c(O)c7O)C(=O)OC6)[C@@H]5CC[C@]43C)[C@@H]2C1. The van der Waals surface area contributed by atoms with E-state index in [0.717, 1.165) is 17.7 Å². The Balaban J connectivity index is 1.09. The number of aliphatic hydroxyl groups is 5. The van der Waals surface area contributed by atoms with E-state index < -0.39 is 205 Å². The number of hydrogen-bond acceptors (Lipinski definition) is 23. The quantitative estimate of drug-likeness (QED) is 0.0731. The van der Waals surface area contributed by atoms with E-state index in [1.165, 1.54) is 0 Å². The lowest BCUT2D eigenvalue weighted by Crippen LogP contribution is -2.70. The smallest absolute Gasteiger partial charge is 0.339 e. The van der Waals surface area contributed by atoms with Gasteiger partial charge in [0.15, 0.2) is 40.2 Å². The highest BCUT2D eigenvalue weighted by atomic mass is 16.7. The predicted octanol–water partition coefficient (Wildman–Crippen LogP) is 4.33. The molecule has 2 heterocycles. The van der Waals surface area contributed by atoms with Crippen LogP contribution in [0.3, 0.4) is 0 Å². The maximum Gasteiger partial charge on any atom is 0.339 e. The minimum Gasteiger partial charge on any atom is -0.504 e. The summed E-state index contributed by atoms with van der Waals surface area (Å²) in [4.78, 5) is 58.7. The van der Waals surface area contributed by atoms with Crippen molar-refractivity contribution in [2.24, 2.45) is 50.2 Å². The minimum atomic E-state index is -1.98. The first-order valence-corrected chi connectivity index (χ1v) is 26.7. The summed E-state index contributed by atoms with van der Waals surface area (Å²) in [5.41, 5.74) is -8.51. The number of esters is 4. The minimum absolute atomic E-state index is 0.0929. The zero-order valence-electron chi connectivity index (χ0n) is 44.6. The van der Waals surface area contributed by atoms with E-state index in [9.17, 15) is 90.7 Å². The van der Waals surface area contributed by atoms with Crippen LogP contribution in [0.4, 0.5) is 0 Å². The molecule has 23 nitrogen and oxygen atoms in total. The Bertz CT molecular complexity index is 3010. The Morgan fingerprint density at radius 1 is 0.637 bits per heavy atom. The number of hydrogen-bond donors (Lipinski definition) is 14. The summed E-state index contributed by atoms with van der Waals surface area (Å²) in [6, 6.07) is 2.93. The van der Waals surface area contributed by atoms with Gasteiger partial charge in [0.25, 0.3) is 0 Å². The van der Waals surface area contributed by atoms with Crippen molar-refractivity contribution in [1.29, 1.82) is 0 Å². The maximum absolute atomic E-state index is 14.9. The highest BCUT2D eigenvalue weighted by molar-refractivity contribution is 6.08. The molecule has 80 heavy (non-hydrogen) atoms. The van der Waals surface area contributed by atoms with Gasteiger partial charge < -0.3 is 95.2 Å². The fourth-order valence-corrected chi connectivity index (χ4v) is 15.9. The molecule has 14 N–H and O–H groups in total. The molecule has 5 fully saturated rings. The van der Waals surface area contributed by atoms with Gasteiger partial charge >= 0.3 is 23.9 Å². The van der Waals surface area contributed by atoms with Gasteiger partial charge in [0.05, 0.1) is 40.2 Å². The molecule has 4 saturated carbocycles. The normalized spacial score (nSPS) is 36.1. The lowest BCUT2D eigenvalue weighted by Gasteiger charge is -2.71. The van der Waals surface area contributed by atoms with Gasteiger partial charge in [-0.2, -0.15) is 0 Å². The van der Waals surface area contributed by atoms with Crippen molar-refractivity contribution in [3.05, 3.63) is 52.6 Å². The molecule has 0 bridgehead atoms. The number of carbonyl (C=O) groups excluding carboxylic acids is 4. The third-order valence-electron chi connectivity index (χ3n) is 20.3. The van der Waals surface area contributed by atoms with Crippen LogP contribution in [0.1, 0.15) is 123 Å². The van der Waals surface area contributed by atoms with Gasteiger partial charge in [0, 0.05) is 11.1 Å². The topological polar surface area (TPSA) is 398 Å². The Morgan fingerprint density at radius 2 is 1.19 bits per heavy atom. The van der Waals surface area contributed by atoms with E-state index in [1.807, 2.05) is 6.92 Å². The summed E-state index contributed by atoms with van der Waals surface area (Å²) in [5, 5.41) is 151. The van der Waals surface area contributed by atoms with Crippen LogP contribution in [-0.4, -0.2) is 158 Å². The van der Waals surface area contributed by atoms with Crippen LogP contribution < -0.4 is 0 Å². The largest absolute Gasteiger partial charge is 0.504 e. The van der Waals surface area contributed by atoms with Gasteiger partial charge in [-0.3, -0.25) is 4.79 Å². The molecule has 0 unspecified atom stereocenters. The van der Waals surface area contributed by atoms with Gasteiger partial charge in [-0.25, -0.2) is 14.4 Å². The number of carbonyl (C=O) groups is 4. The summed E-state index contributed by atoms with van der Waals surface area (Å²) < 4.78 is 30.0. The second-order valence-electron chi connectivity index (χ2n) is 24.9. The first-order valence-electron chi connectivity index (χ1n) is 26.7. The molecule has 0 amide bonds. The van der Waals surface area contributed by atoms with Crippen molar-refractivity contribution < 1.29 is 114 Å². The average molecular weight is 1120 g/mol. The number of rotatable bonds is 5. The number of phenols is 9. The first-order chi connectivity index (χ1) is 37.4. The fraction of sp³-hybridized carbons (Fsp3) is 0.579. The van der Waals surface area contributed by atoms with Gasteiger partial charge in [-0.1, -0.05) is 46.3 Å². The Labute approximate surface area is 457 Å². The maximum atomic E-state index is 14.9. The van der Waals surface area contributed by atoms with E-state index in [2.05, 4.69) is 33.8 Å². The van der Waals surface area contributed by atoms with E-state index >= 15 is 0 Å². The number of allylic oxidation sites excluding steroid dienone is 2. The second-order valence-corrected chi connectivity index (χ2v) is 24.9. The van der Waals surface area contributed by atoms with Crippen molar-refractivity contribution in [3.8, 4) is 62.9 Å². The van der Waals surface area contributed by atoms with Crippen LogP contribution in [0, 0.1) is 50.2 Å². The van der Waals surface area contributed by atoms with Crippen molar-refractivity contribution in [2.75, 3.05) is 19.8 Å². The van der Waals surface area contributed by atoms with Crippen molar-refractivity contribution >= 4 is 23.9 Å². The zero-order chi connectivity index (χ0) is 58.3. The van der Waals surface area contributed by atoms with E-state index in [-0.39, 0.29) is 24.2 Å². The highest BCUT2D eigenvalue weighted by Gasteiger charge is 2.73. The molecule has 1 saturated heterocycles. The fourth-order valence-electron chi connectivity index (χ4n) is 15.9. The molecule has 0 aromatic heterocycles. The molecular weight excluding hydrogens is 1050 g/mol. The van der Waals surface area contributed by atoms with E-state index in [0.29, 0.717) is 57.1 Å². The van der Waals surface area contributed by atoms with Crippen LogP contribution in [0.25, 0.3) is 11.1 Å². The summed E-state index contributed by atoms with van der Waals surface area (Å²) in [7, 11) is 0. The number of cyclic esters (lactones) is 2. The lowest BCUT2D eigenvalue weighted by atomic mass is 9.33. The molecule has 1 spiro atoms. The molecule has 0 radical (unpaired) electrons. The summed E-state index contributed by atoms with van der Waals surface area (Å²) in [6.07, 6.45) is -6.45. The van der Waals surface area contributed by atoms with Crippen LogP contribution in [-0.2, 0) is 28.5 Å². The van der Waals surface area contributed by atoms with Crippen LogP contribution in [0.5, 0.6) is 51.7 Å². The van der Waals surface area contributed by atoms with Gasteiger partial charge in [0.2, 0.25) is 17.8 Å². The summed E-state index contributed by atoms with van der Waals surface area (Å²) >= 11 is 0. The van der Waals surface area contributed by atoms with Crippen molar-refractivity contribution in [3.63, 3.8) is 0 Å². The Morgan fingerprint density at radius 3 is 1.75 bits per heavy atom. The van der Waals surface area contributed by atoms with Crippen LogP contribution in [0.2, 0.25) is 0 Å². The van der Waals surface area contributed by atoms with E-state index in [4.69, 9.17) is 23.7 Å². The van der Waals surface area contributed by atoms with Crippen molar-refractivity contribution in [1.82, 2.24) is 0 Å². The number of phenolic OH excluding ortho intramolecular Hbond substituents is 9. The third kappa shape index (κ3) is 8.18. The van der Waals surface area contributed by atoms with Gasteiger partial charge in [0.1, 0.15) is 43.7 Å². The number of ether oxygens (including phenoxy) is 5. The molecule has 3 aromatic carbocycles. The standard InChI is InChI=1S/C57H68O23/c1-52(2)10-12-56(51(75)80-50-45(71)44(70)41(67)33(20-58)78-50)13-11-54(4)26(27(56)18-52)6-7-34-53(3)19-32(63)46(79-47(72)23-14-28(59)38(64)29(60)15-23)57(35(53)8-9-55(34,54)5)21-76-48(73)24-16-30(61)39(65)42(68)36(24)37-25(49(74)77-22-57)17-31(62)40(66)43(37)69/h6,14-17,27,32-35,41,44-46,50,58-71H,7-13,18-22H2,1-5H3/t27-,32+,33+,34+,35+,41+,44-,45+,46-,50-,53+,54+,55+,56-/m0/s1. The van der Waals surface area contributed by atoms with Crippen LogP contribution >= 0.6 is 0 Å². The second kappa shape index (κ2) is 19.2. The third-order valence-corrected chi connectivity index (χ3v) is 20.3. The van der Waals surface area contributed by atoms with E-state index in [1.54, 1.807) is 0 Å². The molecule has 10 rings (SSSR count). The lowest BCUT2D eigenvalue weighted by molar-refractivity contribution is -0.297. The van der Waals surface area contributed by atoms with Crippen LogP contribution in [0.15, 0.2) is 35.9 Å². The molecule has 434 valence electrons. The average Bonchev–Trinajstić information content (AvgIpc) is 3.41. The molecule has 5 aliphatic carbocycles. The number of benzene rings is 3. The highest BCUT2D eigenvalue weighted by Crippen LogP contribution is 2.76. The van der Waals surface area contributed by atoms with Crippen molar-refractivity contribution in [2.45, 2.75) is 135 Å². The van der Waals surface area contributed by atoms with Gasteiger partial charge in [-0.05, 0) is 121 Å². The Hall–Kier alpha value is -6.76. The Kier molecular flexibility index (Phi) is 13.6.